The molecule has 10 aliphatic heterocycles. The van der Waals surface area contributed by atoms with Gasteiger partial charge >= 0.3 is 0 Å². The molecule has 0 aromatic carbocycles. The lowest BCUT2D eigenvalue weighted by Gasteiger charge is -2.52. The largest absolute Gasteiger partial charge is 0.394 e. The van der Waals surface area contributed by atoms with Crippen LogP contribution in [0.3, 0.4) is 0 Å². The quantitative estimate of drug-likeness (QED) is 0.0284. The van der Waals surface area contributed by atoms with Gasteiger partial charge in [0.05, 0.1) is 66.1 Å². The molecule has 6 amide bonds. The molecule has 10 heterocycles. The van der Waals surface area contributed by atoms with Crippen LogP contribution in [-0.2, 0) is 119 Å². The number of amides is 6. The molecule has 10 fully saturated rings. The number of carbonyl (C=O) groups is 6. The molecule has 129 heavy (non-hydrogen) atoms. The van der Waals surface area contributed by atoms with E-state index in [-0.39, 0.29) is 0 Å². The highest BCUT2D eigenvalue weighted by Crippen LogP contribution is 2.42. The molecule has 50 atom stereocenters. The van der Waals surface area contributed by atoms with E-state index >= 15 is 0 Å². The molecule has 1 unspecified atom stereocenters. The van der Waals surface area contributed by atoms with E-state index in [9.17, 15) is 162 Å². The molecule has 0 spiro atoms. The zero-order valence-corrected chi connectivity index (χ0v) is 69.8. The van der Waals surface area contributed by atoms with Gasteiger partial charge in [0.2, 0.25) is 35.4 Å². The number of aliphatic hydroxyl groups is 26. The summed E-state index contributed by atoms with van der Waals surface area (Å²) in [5, 5.41) is 308. The lowest BCUT2D eigenvalue weighted by molar-refractivity contribution is -0.409. The van der Waals surface area contributed by atoms with Crippen LogP contribution in [0.2, 0.25) is 0 Å². The molecule has 0 aromatic rings. The van der Waals surface area contributed by atoms with E-state index in [0.717, 1.165) is 41.5 Å². The first-order valence-electron chi connectivity index (χ1n) is 41.1. The number of nitrogens with one attached hydrogen (secondary N) is 6. The van der Waals surface area contributed by atoms with E-state index in [1.165, 1.54) is 0 Å². The van der Waals surface area contributed by atoms with Crippen LogP contribution in [0.5, 0.6) is 0 Å². The highest BCUT2D eigenvalue weighted by atomic mass is 16.8. The maximum Gasteiger partial charge on any atom is 0.217 e. The summed E-state index contributed by atoms with van der Waals surface area (Å²) in [6, 6.07) is -11.6. The van der Waals surface area contributed by atoms with E-state index in [0.29, 0.717) is 0 Å². The molecular weight excluding hydrogens is 1760 g/mol. The smallest absolute Gasteiger partial charge is 0.217 e. The summed E-state index contributed by atoms with van der Waals surface area (Å²) in [6.07, 6.45) is -95.7. The Bertz CT molecular complexity index is 3570. The van der Waals surface area contributed by atoms with E-state index in [2.05, 4.69) is 31.9 Å². The van der Waals surface area contributed by atoms with Crippen LogP contribution in [0, 0.1) is 0 Å². The molecule has 0 aromatic heterocycles. The Labute approximate surface area is 731 Å². The van der Waals surface area contributed by atoms with Gasteiger partial charge in [-0.25, -0.2) is 0 Å². The third-order valence-corrected chi connectivity index (χ3v) is 23.3. The van der Waals surface area contributed by atoms with Gasteiger partial charge in [-0.2, -0.15) is 0 Å². The van der Waals surface area contributed by atoms with Gasteiger partial charge in [0.25, 0.3) is 0 Å². The summed E-state index contributed by atoms with van der Waals surface area (Å²) >= 11 is 0. The van der Waals surface area contributed by atoms with Crippen molar-refractivity contribution < 1.29 is 252 Å². The van der Waals surface area contributed by atoms with Crippen molar-refractivity contribution in [3.63, 3.8) is 0 Å². The van der Waals surface area contributed by atoms with Gasteiger partial charge in [-0.05, 0) is 0 Å². The molecule has 10 saturated heterocycles. The van der Waals surface area contributed by atoms with Crippen LogP contribution in [0.4, 0.5) is 0 Å². The summed E-state index contributed by atoms with van der Waals surface area (Å²) in [5.74, 6) is -5.68. The molecule has 0 bridgehead atoms. The first kappa shape index (κ1) is 106. The summed E-state index contributed by atoms with van der Waals surface area (Å²) in [5.41, 5.74) is 0. The number of aliphatic hydroxyl groups excluding tert-OH is 26. The van der Waals surface area contributed by atoms with Gasteiger partial charge in [-0.15, -0.1) is 0 Å². The summed E-state index contributed by atoms with van der Waals surface area (Å²) in [7, 11) is 0. The van der Waals surface area contributed by atoms with Crippen molar-refractivity contribution in [2.45, 2.75) is 348 Å². The summed E-state index contributed by atoms with van der Waals surface area (Å²) in [6.45, 7) is -6.15. The van der Waals surface area contributed by atoms with Crippen molar-refractivity contribution in [3.05, 3.63) is 0 Å². The Kier molecular flexibility index (Phi) is 38.4. The topological polar surface area (TPSA) is 876 Å². The van der Waals surface area contributed by atoms with Crippen LogP contribution < -0.4 is 31.9 Å². The Morgan fingerprint density at radius 3 is 0.767 bits per heavy atom. The molecule has 0 radical (unpaired) electrons. The van der Waals surface area contributed by atoms with Crippen molar-refractivity contribution >= 4 is 35.4 Å². The fourth-order valence-electron chi connectivity index (χ4n) is 16.7. The summed E-state index contributed by atoms with van der Waals surface area (Å²) < 4.78 is 116. The predicted octanol–water partition coefficient (Wildman–Crippen LogP) is -21.9. The Morgan fingerprint density at radius 1 is 0.202 bits per heavy atom. The average molecular weight is 1890 g/mol. The minimum Gasteiger partial charge on any atom is -0.394 e. The van der Waals surface area contributed by atoms with Crippen LogP contribution in [0.15, 0.2) is 0 Å². The Hall–Kier alpha value is -4.98. The van der Waals surface area contributed by atoms with Gasteiger partial charge in [0, 0.05) is 41.5 Å². The van der Waals surface area contributed by atoms with Crippen LogP contribution in [0.25, 0.3) is 0 Å². The first-order chi connectivity index (χ1) is 61.0. The SMILES string of the molecule is CC(=O)N[C@H]1[C@H](O[C@H]2[C@H](O)[C@@H](NC(C)=O)C(O)O[C@@H]2CO)O[C@H](CO)[C@@H](O[C@@H]2O[C@H](CO[C@H]3O[C@H](CO)[C@@H](O)[C@H](O)[C@@H]3O[C@@H]3O[C@H](CO)[C@@H](O[C@@H]4O[C@H](CO)[C@H](O)[C@H](O)[C@H]4NC(C)=O)[C@H](O)[C@H]3NC(C)=O)[C@@H](O[C@@H]3O[C@H](CO)[C@@H](O)[C@H](O)[C@H]3NC(C)=O)[C@H](O[C@H]3O[C@H](CO)[C@@H](O)[C@H](O)[C@@H]3O[C@@H]3O[C@H](CO)[C@@H](O[C@@H]4O[C@H](CO)[C@H](O)[C@H](O)[C@H]4O)[C@H](O)[C@H]3NC(C)=O)[C@@H]2O)[C@@H]1O. The van der Waals surface area contributed by atoms with Crippen LogP contribution >= 0.6 is 0 Å². The highest BCUT2D eigenvalue weighted by Gasteiger charge is 2.63. The van der Waals surface area contributed by atoms with Gasteiger partial charge in [-0.1, -0.05) is 0 Å². The second kappa shape index (κ2) is 46.7. The highest BCUT2D eigenvalue weighted by molar-refractivity contribution is 5.75. The fourth-order valence-corrected chi connectivity index (χ4v) is 16.7. The van der Waals surface area contributed by atoms with E-state index in [1.54, 1.807) is 0 Å². The lowest BCUT2D eigenvalue weighted by atomic mass is 9.93. The van der Waals surface area contributed by atoms with Gasteiger partial charge in [0.15, 0.2) is 62.9 Å². The molecule has 0 saturated carbocycles. The predicted molar refractivity (Wildman–Crippen MR) is 399 cm³/mol. The standard InChI is InChI=1S/C72H120N6O51/c1-17(88)73-33-46(101)55(28(12-84)112-63(33)110)122-66-36(76-20(4)91)48(103)58(31(15-87)118-66)125-70-54(109)60(127-72-62(52(107)43(98)27(11-83)117-72)129-68-38(78-22(6)93)49(104)57(30(14-86)120-68)124-69-53(108)50(105)41(96)25(9-81)115-69)59(126-65-35(75-19(3)90)45(100)40(95)24(8-80)114-65)32(121-70)16-111-71-61(51(106)42(97)26(10-82)116-71)128-67-37(77-21(5)92)47(102)56(29(13-85)119-67)123-64-34(74-18(2)89)44(99)39(94)23(7-79)113-64/h23-72,79-87,94-110H,7-16H2,1-6H3,(H,73,88)(H,74,89)(H,75,90)(H,76,91)(H,77,92)(H,78,93)/t23-,24-,25-,26-,27-,28-,29-,30-,31-,32-,33-,34-,35-,36-,37-,38-,39+,40-,41+,42-,43-,44-,45-,46-,47-,48-,49-,50+,51+,52+,53-,54+,55-,56-,57-,58-,59-,60-,61+,62+,63?,64+,65+,66+,67+,68+,69+,70+,71+,72-/m1/s1. The normalized spacial score (nSPS) is 47.5. The second-order valence-corrected chi connectivity index (χ2v) is 32.4. The number of carbonyl (C=O) groups excluding carboxylic acids is 6. The molecule has 57 nitrogen and oxygen atoms in total. The monoisotopic (exact) mass is 1880 g/mol. The number of rotatable bonds is 34. The first-order valence-corrected chi connectivity index (χ1v) is 41.1. The van der Waals surface area contributed by atoms with Gasteiger partial charge in [0.1, 0.15) is 244 Å². The molecule has 0 aliphatic carbocycles. The van der Waals surface area contributed by atoms with Gasteiger partial charge in [-0.3, -0.25) is 28.8 Å². The minimum atomic E-state index is -2.78. The molecule has 10 aliphatic rings. The van der Waals surface area contributed by atoms with Crippen molar-refractivity contribution in [1.29, 1.82) is 0 Å². The Balaban J connectivity index is 1.09. The number of ether oxygens (including phenoxy) is 19. The van der Waals surface area contributed by atoms with Crippen LogP contribution in [0.1, 0.15) is 41.5 Å². The Morgan fingerprint density at radius 2 is 0.426 bits per heavy atom. The molecule has 10 rings (SSSR count). The van der Waals surface area contributed by atoms with Crippen LogP contribution in [-0.4, -0.2) is 541 Å². The molecule has 57 heteroatoms. The third kappa shape index (κ3) is 24.0. The zero-order chi connectivity index (χ0) is 95.1. The third-order valence-electron chi connectivity index (χ3n) is 23.3. The minimum absolute atomic E-state index is 0.826. The average Bonchev–Trinajstić information content (AvgIpc) is 0.756. The second-order valence-electron chi connectivity index (χ2n) is 32.4. The van der Waals surface area contributed by atoms with E-state index < -0.39 is 408 Å². The summed E-state index contributed by atoms with van der Waals surface area (Å²) in [4.78, 5) is 77.6. The maximum atomic E-state index is 13.4. The number of hydrogen-bond donors (Lipinski definition) is 32. The van der Waals surface area contributed by atoms with Gasteiger partial charge < -0.3 is 255 Å². The van der Waals surface area contributed by atoms with E-state index in [1.807, 2.05) is 0 Å². The fraction of sp³-hybridized carbons (Fsp3) is 0.917. The van der Waals surface area contributed by atoms with Crippen molar-refractivity contribution in [3.8, 4) is 0 Å². The van der Waals surface area contributed by atoms with E-state index in [4.69, 9.17) is 90.0 Å². The molecule has 32 N–H and O–H groups in total. The lowest BCUT2D eigenvalue weighted by Crippen LogP contribution is -2.71. The molecular formula is C72H120N6O51. The van der Waals surface area contributed by atoms with Crippen molar-refractivity contribution in [2.75, 3.05) is 66.1 Å². The molecule has 744 valence electrons. The zero-order valence-electron chi connectivity index (χ0n) is 69.8. The van der Waals surface area contributed by atoms with Crippen molar-refractivity contribution in [1.82, 2.24) is 31.9 Å². The van der Waals surface area contributed by atoms with Crippen molar-refractivity contribution in [2.24, 2.45) is 0 Å². The number of hydrogen-bond acceptors (Lipinski definition) is 51. The maximum absolute atomic E-state index is 13.4.